The molecule has 2 rings (SSSR count). The van der Waals surface area contributed by atoms with E-state index in [2.05, 4.69) is 12.1 Å². The summed E-state index contributed by atoms with van der Waals surface area (Å²) in [5.41, 5.74) is 6.00. The van der Waals surface area contributed by atoms with Crippen LogP contribution in [0.2, 0.25) is 0 Å². The monoisotopic (exact) mass is 221 g/mol. The molecule has 0 fully saturated rings. The third kappa shape index (κ3) is 1.83. The molecule has 0 bridgehead atoms. The summed E-state index contributed by atoms with van der Waals surface area (Å²) in [5.74, 6) is 0. The van der Waals surface area contributed by atoms with Crippen molar-refractivity contribution in [1.82, 2.24) is 0 Å². The minimum Gasteiger partial charge on any atom is -0.392 e. The van der Waals surface area contributed by atoms with Crippen LogP contribution in [0.5, 0.6) is 0 Å². The number of fused-ring (bicyclic) bond motifs is 1. The third-order valence-electron chi connectivity index (χ3n) is 2.40. The molecule has 1 aromatic rings. The van der Waals surface area contributed by atoms with Gasteiger partial charge in [-0.05, 0) is 25.0 Å². The fraction of sp³-hybridized carbons (Fsp3) is 0.273. The molecule has 15 heavy (non-hydrogen) atoms. The maximum absolute atomic E-state index is 11.5. The summed E-state index contributed by atoms with van der Waals surface area (Å²) in [6.07, 6.45) is 4.46. The van der Waals surface area contributed by atoms with Crippen LogP contribution in [0.3, 0.4) is 0 Å². The predicted molar refractivity (Wildman–Crippen MR) is 59.7 cm³/mol. The van der Waals surface area contributed by atoms with Crippen molar-refractivity contribution < 1.29 is 8.42 Å². The van der Waals surface area contributed by atoms with Crippen molar-refractivity contribution in [2.75, 3.05) is 12.0 Å². The Balaban J connectivity index is 2.94. The average Bonchev–Trinajstić information content (AvgIpc) is 2.15. The van der Waals surface area contributed by atoms with E-state index in [4.69, 9.17) is 5.73 Å². The van der Waals surface area contributed by atoms with Gasteiger partial charge in [0.05, 0.1) is 10.6 Å². The van der Waals surface area contributed by atoms with Gasteiger partial charge in [0.25, 0.3) is 0 Å². The van der Waals surface area contributed by atoms with Crippen molar-refractivity contribution >= 4 is 26.5 Å². The molecule has 3 nitrogen and oxygen atoms in total. The number of rotatable bonds is 1. The highest BCUT2D eigenvalue weighted by molar-refractivity contribution is 7.99. The summed E-state index contributed by atoms with van der Waals surface area (Å²) in [4.78, 5) is 0.456. The largest absolute Gasteiger partial charge is 0.392 e. The summed E-state index contributed by atoms with van der Waals surface area (Å²) in [7, 11) is -3.15. The molecule has 0 atom stereocenters. The minimum absolute atomic E-state index is 0.421. The quantitative estimate of drug-likeness (QED) is 0.701. The van der Waals surface area contributed by atoms with E-state index in [9.17, 15) is 8.42 Å². The van der Waals surface area contributed by atoms with Gasteiger partial charge in [0.2, 0.25) is 0 Å². The van der Waals surface area contributed by atoms with E-state index in [1.54, 1.807) is 6.07 Å². The lowest BCUT2D eigenvalue weighted by molar-refractivity contribution is 0.609. The zero-order valence-electron chi connectivity index (χ0n) is 8.37. The van der Waals surface area contributed by atoms with Crippen molar-refractivity contribution in [3.8, 4) is 0 Å². The van der Waals surface area contributed by atoms with Crippen LogP contribution in [0, 0.1) is 12.1 Å². The van der Waals surface area contributed by atoms with Gasteiger partial charge in [0.1, 0.15) is 0 Å². The lowest BCUT2D eigenvalue weighted by atomic mass is 10.1. The summed E-state index contributed by atoms with van der Waals surface area (Å²) in [5, 5.41) is 1.47. The van der Waals surface area contributed by atoms with Gasteiger partial charge in [-0.3, -0.25) is 0 Å². The van der Waals surface area contributed by atoms with Gasteiger partial charge in [-0.2, -0.15) is 0 Å². The number of sulfone groups is 1. The number of anilines is 1. The minimum atomic E-state index is -3.15. The summed E-state index contributed by atoms with van der Waals surface area (Å²) in [6, 6.07) is 7.26. The molecule has 0 aliphatic heterocycles. The fourth-order valence-corrected chi connectivity index (χ4v) is 2.79. The first-order valence-corrected chi connectivity index (χ1v) is 6.50. The Kier molecular flexibility index (Phi) is 2.20. The Hall–Kier alpha value is -1.47. The molecule has 0 heterocycles. The van der Waals surface area contributed by atoms with Gasteiger partial charge in [-0.25, -0.2) is 8.42 Å². The highest BCUT2D eigenvalue weighted by Gasteiger charge is 2.14. The first kappa shape index (κ1) is 10.1. The van der Waals surface area contributed by atoms with Gasteiger partial charge in [-0.15, -0.1) is 0 Å². The molecule has 0 saturated heterocycles. The fourth-order valence-electron chi connectivity index (χ4n) is 1.74. The zero-order valence-corrected chi connectivity index (χ0v) is 9.19. The molecule has 2 N–H and O–H groups in total. The van der Waals surface area contributed by atoms with E-state index in [-0.39, 0.29) is 0 Å². The van der Waals surface area contributed by atoms with Crippen LogP contribution in [0.25, 0.3) is 11.0 Å². The van der Waals surface area contributed by atoms with Gasteiger partial charge in [0.15, 0.2) is 9.84 Å². The molecule has 0 radical (unpaired) electrons. The lowest BCUT2D eigenvalue weighted by Gasteiger charge is -2.07. The lowest BCUT2D eigenvalue weighted by Crippen LogP contribution is -2.31. The highest BCUT2D eigenvalue weighted by atomic mass is 32.2. The second-order valence-corrected chi connectivity index (χ2v) is 5.65. The van der Waals surface area contributed by atoms with Crippen LogP contribution in [0.15, 0.2) is 6.07 Å². The van der Waals surface area contributed by atoms with E-state index >= 15 is 0 Å². The zero-order chi connectivity index (χ0) is 11.1. The van der Waals surface area contributed by atoms with Crippen LogP contribution in [0.4, 0.5) is 5.69 Å². The second-order valence-electron chi connectivity index (χ2n) is 3.62. The smallest absolute Gasteiger partial charge is 0.172 e. The molecule has 4 heteroatoms. The van der Waals surface area contributed by atoms with E-state index in [1.165, 1.54) is 6.26 Å². The number of nitrogen functional groups attached to an aromatic ring is 1. The van der Waals surface area contributed by atoms with Crippen molar-refractivity contribution in [1.29, 1.82) is 0 Å². The number of hydrogen-bond donors (Lipinski definition) is 1. The van der Waals surface area contributed by atoms with Crippen LogP contribution in [-0.2, 0) is 9.84 Å². The molecule has 1 aliphatic rings. The van der Waals surface area contributed by atoms with E-state index in [0.29, 0.717) is 22.2 Å². The highest BCUT2D eigenvalue weighted by Crippen LogP contribution is 2.13. The standard InChI is InChI=1S/C11H11NO2S/c1-15(13,14)11-4-2-3-8-5-6-9(12)7-10(8)11/h3,7H,2,4,12H2,1H3. The molecular formula is C11H11NO2S. The Labute approximate surface area is 88.8 Å². The molecule has 78 valence electrons. The second kappa shape index (κ2) is 3.28. The number of nitrogens with two attached hydrogens (primary N) is 1. The van der Waals surface area contributed by atoms with Crippen LogP contribution in [0.1, 0.15) is 12.8 Å². The van der Waals surface area contributed by atoms with E-state index in [0.717, 1.165) is 11.6 Å². The van der Waals surface area contributed by atoms with Crippen molar-refractivity contribution in [3.05, 3.63) is 28.6 Å². The van der Waals surface area contributed by atoms with E-state index in [1.807, 2.05) is 6.08 Å². The SMILES string of the molecule is CS(=O)(=O)C1=c2cc(N)c#cc2=CCC1. The van der Waals surface area contributed by atoms with Crippen molar-refractivity contribution in [2.24, 2.45) is 0 Å². The maximum Gasteiger partial charge on any atom is 0.172 e. The number of hydrogen-bond acceptors (Lipinski definition) is 3. The van der Waals surface area contributed by atoms with Crippen LogP contribution in [-0.4, -0.2) is 14.7 Å². The average molecular weight is 221 g/mol. The van der Waals surface area contributed by atoms with Gasteiger partial charge >= 0.3 is 0 Å². The van der Waals surface area contributed by atoms with Gasteiger partial charge in [-0.1, -0.05) is 12.1 Å². The summed E-state index contributed by atoms with van der Waals surface area (Å²) in [6.45, 7) is 0. The topological polar surface area (TPSA) is 60.2 Å². The molecular weight excluding hydrogens is 210 g/mol. The van der Waals surface area contributed by atoms with Crippen molar-refractivity contribution in [3.63, 3.8) is 0 Å². The molecule has 1 aliphatic carbocycles. The Morgan fingerprint density at radius 1 is 1.40 bits per heavy atom. The molecule has 0 amide bonds. The first-order chi connectivity index (χ1) is 6.98. The Morgan fingerprint density at radius 3 is 2.80 bits per heavy atom. The molecule has 0 aromatic heterocycles. The van der Waals surface area contributed by atoms with E-state index < -0.39 is 9.84 Å². The first-order valence-electron chi connectivity index (χ1n) is 4.61. The van der Waals surface area contributed by atoms with Gasteiger partial charge < -0.3 is 5.73 Å². The summed E-state index contributed by atoms with van der Waals surface area (Å²) >= 11 is 0. The third-order valence-corrected chi connectivity index (χ3v) is 3.72. The molecule has 0 unspecified atom stereocenters. The summed E-state index contributed by atoms with van der Waals surface area (Å²) < 4.78 is 23.1. The molecule has 0 spiro atoms. The normalized spacial score (nSPS) is 15.1. The van der Waals surface area contributed by atoms with Crippen LogP contribution >= 0.6 is 0 Å². The maximum atomic E-state index is 11.5. The van der Waals surface area contributed by atoms with Crippen molar-refractivity contribution in [2.45, 2.75) is 12.8 Å². The Bertz CT molecular complexity index is 614. The molecule has 1 aromatic carbocycles. The Morgan fingerprint density at radius 2 is 2.13 bits per heavy atom. The van der Waals surface area contributed by atoms with Crippen LogP contribution < -0.4 is 16.2 Å². The molecule has 0 saturated carbocycles. The van der Waals surface area contributed by atoms with Gasteiger partial charge in [0, 0.05) is 16.7 Å². The predicted octanol–water partition coefficient (Wildman–Crippen LogP) is -0.404.